The summed E-state index contributed by atoms with van der Waals surface area (Å²) in [5.41, 5.74) is 1.17. The Labute approximate surface area is 126 Å². The lowest BCUT2D eigenvalue weighted by atomic mass is 10.1. The molecule has 0 aliphatic carbocycles. The van der Waals surface area contributed by atoms with E-state index in [0.717, 1.165) is 6.07 Å². The zero-order valence-corrected chi connectivity index (χ0v) is 12.7. The number of rotatable bonds is 6. The van der Waals surface area contributed by atoms with Crippen LogP contribution < -0.4 is 16.6 Å². The van der Waals surface area contributed by atoms with E-state index in [1.807, 2.05) is 0 Å². The molecule has 0 fully saturated rings. The molecule has 8 nitrogen and oxygen atoms in total. The molecule has 0 atom stereocenters. The van der Waals surface area contributed by atoms with Crippen LogP contribution in [0.1, 0.15) is 24.2 Å². The number of methoxy groups -OCH3 is 1. The van der Waals surface area contributed by atoms with Crippen molar-refractivity contribution in [2.75, 3.05) is 19.1 Å². The third-order valence-corrected chi connectivity index (χ3v) is 2.93. The van der Waals surface area contributed by atoms with E-state index in [-0.39, 0.29) is 28.6 Å². The molecule has 1 aromatic carbocycles. The first-order valence-electron chi connectivity index (χ1n) is 5.98. The van der Waals surface area contributed by atoms with Gasteiger partial charge in [-0.3, -0.25) is 20.8 Å². The number of anilines is 1. The number of hydrazine groups is 1. The van der Waals surface area contributed by atoms with Crippen molar-refractivity contribution in [1.29, 1.82) is 0 Å². The van der Waals surface area contributed by atoms with Crippen LogP contribution in [-0.4, -0.2) is 30.1 Å². The summed E-state index contributed by atoms with van der Waals surface area (Å²) in [4.78, 5) is 22.5. The highest BCUT2D eigenvalue weighted by Gasteiger charge is 2.25. The second kappa shape index (κ2) is 6.70. The highest BCUT2D eigenvalue weighted by atomic mass is 35.5. The molecule has 0 saturated carbocycles. The summed E-state index contributed by atoms with van der Waals surface area (Å²) in [5.74, 6) is 4.71. The molecule has 0 bridgehead atoms. The molecular weight excluding hydrogens is 300 g/mol. The molecule has 9 heteroatoms. The number of carbonyl (C=O) groups is 1. The molecule has 1 rings (SSSR count). The van der Waals surface area contributed by atoms with Gasteiger partial charge in [-0.05, 0) is 19.9 Å². The monoisotopic (exact) mass is 316 g/mol. The molecule has 116 valence electrons. The van der Waals surface area contributed by atoms with Gasteiger partial charge in [0.05, 0.1) is 22.1 Å². The zero-order chi connectivity index (χ0) is 16.2. The van der Waals surface area contributed by atoms with Crippen molar-refractivity contribution >= 4 is 28.9 Å². The standard InChI is InChI=1S/C12H17ClN4O4/c1-12(2,6-21-3)15-11(18)7-4-8(13)10(16-14)9(5-7)17(19)20/h4-5,16H,6,14H2,1-3H3,(H,15,18). The molecule has 0 saturated heterocycles. The molecule has 0 heterocycles. The van der Waals surface area contributed by atoms with Crippen molar-refractivity contribution in [2.45, 2.75) is 19.4 Å². The van der Waals surface area contributed by atoms with Gasteiger partial charge in [0, 0.05) is 18.7 Å². The second-order valence-electron chi connectivity index (χ2n) is 5.02. The van der Waals surface area contributed by atoms with Crippen LogP contribution in [0.15, 0.2) is 12.1 Å². The minimum Gasteiger partial charge on any atom is -0.382 e. The van der Waals surface area contributed by atoms with Crippen LogP contribution in [0.3, 0.4) is 0 Å². The number of benzene rings is 1. The molecule has 0 unspecified atom stereocenters. The molecular formula is C12H17ClN4O4. The van der Waals surface area contributed by atoms with Crippen LogP contribution in [0.25, 0.3) is 0 Å². The molecule has 0 aliphatic rings. The lowest BCUT2D eigenvalue weighted by molar-refractivity contribution is -0.384. The summed E-state index contributed by atoms with van der Waals surface area (Å²) < 4.78 is 4.99. The number of nitro benzene ring substituents is 1. The summed E-state index contributed by atoms with van der Waals surface area (Å²) in [6.07, 6.45) is 0. The van der Waals surface area contributed by atoms with Crippen LogP contribution in [0.2, 0.25) is 5.02 Å². The highest BCUT2D eigenvalue weighted by molar-refractivity contribution is 6.34. The predicted molar refractivity (Wildman–Crippen MR) is 79.3 cm³/mol. The van der Waals surface area contributed by atoms with Gasteiger partial charge in [0.15, 0.2) is 0 Å². The number of nitro groups is 1. The topological polar surface area (TPSA) is 120 Å². The van der Waals surface area contributed by atoms with E-state index >= 15 is 0 Å². The fourth-order valence-electron chi connectivity index (χ4n) is 1.79. The van der Waals surface area contributed by atoms with E-state index in [2.05, 4.69) is 10.7 Å². The Bertz CT molecular complexity index is 562. The molecule has 0 radical (unpaired) electrons. The average Bonchev–Trinajstić information content (AvgIpc) is 2.36. The molecule has 0 aliphatic heterocycles. The Morgan fingerprint density at radius 2 is 2.14 bits per heavy atom. The number of nitrogens with one attached hydrogen (secondary N) is 2. The fraction of sp³-hybridized carbons (Fsp3) is 0.417. The number of nitrogens with zero attached hydrogens (tertiary/aromatic N) is 1. The Morgan fingerprint density at radius 3 is 2.62 bits per heavy atom. The van der Waals surface area contributed by atoms with Crippen LogP contribution in [-0.2, 0) is 4.74 Å². The number of carbonyl (C=O) groups excluding carboxylic acids is 1. The van der Waals surface area contributed by atoms with Gasteiger partial charge in [-0.1, -0.05) is 11.6 Å². The maximum absolute atomic E-state index is 12.2. The van der Waals surface area contributed by atoms with Gasteiger partial charge >= 0.3 is 0 Å². The summed E-state index contributed by atoms with van der Waals surface area (Å²) in [6.45, 7) is 3.82. The first-order valence-corrected chi connectivity index (χ1v) is 6.35. The maximum Gasteiger partial charge on any atom is 0.295 e. The molecule has 1 amide bonds. The van der Waals surface area contributed by atoms with E-state index in [4.69, 9.17) is 22.2 Å². The summed E-state index contributed by atoms with van der Waals surface area (Å²) >= 11 is 5.90. The third kappa shape index (κ3) is 4.28. The Balaban J connectivity index is 3.14. The van der Waals surface area contributed by atoms with Crippen LogP contribution >= 0.6 is 11.6 Å². The van der Waals surface area contributed by atoms with Crippen molar-refractivity contribution in [3.8, 4) is 0 Å². The predicted octanol–water partition coefficient (Wildman–Crippen LogP) is 1.69. The normalized spacial score (nSPS) is 11.1. The Hall–Kier alpha value is -1.90. The van der Waals surface area contributed by atoms with Gasteiger partial charge in [-0.25, -0.2) is 0 Å². The van der Waals surface area contributed by atoms with Crippen LogP contribution in [0, 0.1) is 10.1 Å². The largest absolute Gasteiger partial charge is 0.382 e. The zero-order valence-electron chi connectivity index (χ0n) is 11.9. The number of halogens is 1. The molecule has 0 aromatic heterocycles. The second-order valence-corrected chi connectivity index (χ2v) is 5.43. The van der Waals surface area contributed by atoms with Gasteiger partial charge in [0.25, 0.3) is 11.6 Å². The van der Waals surface area contributed by atoms with E-state index < -0.39 is 16.4 Å². The van der Waals surface area contributed by atoms with Gasteiger partial charge in [-0.15, -0.1) is 0 Å². The maximum atomic E-state index is 12.2. The number of amides is 1. The van der Waals surface area contributed by atoms with Crippen LogP contribution in [0.5, 0.6) is 0 Å². The highest BCUT2D eigenvalue weighted by Crippen LogP contribution is 2.33. The molecule has 4 N–H and O–H groups in total. The Morgan fingerprint density at radius 1 is 1.52 bits per heavy atom. The van der Waals surface area contributed by atoms with Crippen molar-refractivity contribution in [3.63, 3.8) is 0 Å². The van der Waals surface area contributed by atoms with E-state index in [0.29, 0.717) is 0 Å². The first kappa shape index (κ1) is 17.2. The average molecular weight is 317 g/mol. The lowest BCUT2D eigenvalue weighted by Gasteiger charge is -2.25. The summed E-state index contributed by atoms with van der Waals surface area (Å²) in [6, 6.07) is 2.42. The Kier molecular flexibility index (Phi) is 5.47. The van der Waals surface area contributed by atoms with Gasteiger partial charge < -0.3 is 15.5 Å². The van der Waals surface area contributed by atoms with E-state index in [9.17, 15) is 14.9 Å². The van der Waals surface area contributed by atoms with Gasteiger partial charge in [0.1, 0.15) is 5.69 Å². The SMILES string of the molecule is COCC(C)(C)NC(=O)c1cc(Cl)c(NN)c([N+](=O)[O-])c1. The fourth-order valence-corrected chi connectivity index (χ4v) is 2.06. The quantitative estimate of drug-likeness (QED) is 0.417. The first-order chi connectivity index (χ1) is 9.71. The number of hydrogen-bond donors (Lipinski definition) is 3. The van der Waals surface area contributed by atoms with Gasteiger partial charge in [0.2, 0.25) is 0 Å². The van der Waals surface area contributed by atoms with Gasteiger partial charge in [-0.2, -0.15) is 0 Å². The van der Waals surface area contributed by atoms with Crippen LogP contribution in [0.4, 0.5) is 11.4 Å². The summed E-state index contributed by atoms with van der Waals surface area (Å²) in [5, 5.41) is 13.7. The van der Waals surface area contributed by atoms with Crippen molar-refractivity contribution in [3.05, 3.63) is 32.8 Å². The number of nitrogen functional groups attached to an aromatic ring is 1. The van der Waals surface area contributed by atoms with E-state index in [1.165, 1.54) is 13.2 Å². The number of ether oxygens (including phenoxy) is 1. The number of hydrogen-bond acceptors (Lipinski definition) is 6. The molecule has 1 aromatic rings. The minimum absolute atomic E-state index is 0.0126. The molecule has 0 spiro atoms. The third-order valence-electron chi connectivity index (χ3n) is 2.63. The smallest absolute Gasteiger partial charge is 0.295 e. The van der Waals surface area contributed by atoms with Crippen molar-refractivity contribution in [1.82, 2.24) is 5.32 Å². The van der Waals surface area contributed by atoms with E-state index in [1.54, 1.807) is 13.8 Å². The van der Waals surface area contributed by atoms with Crippen molar-refractivity contribution in [2.24, 2.45) is 5.84 Å². The number of nitrogens with two attached hydrogens (primary N) is 1. The molecule has 21 heavy (non-hydrogen) atoms. The van der Waals surface area contributed by atoms with Crippen molar-refractivity contribution < 1.29 is 14.5 Å². The summed E-state index contributed by atoms with van der Waals surface area (Å²) in [7, 11) is 1.51. The minimum atomic E-state index is -0.669. The lowest BCUT2D eigenvalue weighted by Crippen LogP contribution is -2.46.